The first-order valence-electron chi connectivity index (χ1n) is 8.81. The fourth-order valence-electron chi connectivity index (χ4n) is 4.60. The number of halogens is 3. The lowest BCUT2D eigenvalue weighted by atomic mass is 9.84. The fraction of sp³-hybridized carbons (Fsp3) is 0.611. The summed E-state index contributed by atoms with van der Waals surface area (Å²) >= 11 is 0. The van der Waals surface area contributed by atoms with Crippen molar-refractivity contribution in [1.29, 1.82) is 0 Å². The third-order valence-corrected chi connectivity index (χ3v) is 5.81. The van der Waals surface area contributed by atoms with E-state index in [-0.39, 0.29) is 48.5 Å². The summed E-state index contributed by atoms with van der Waals surface area (Å²) in [7, 11) is 0. The molecule has 3 aliphatic rings. The van der Waals surface area contributed by atoms with Crippen molar-refractivity contribution >= 4 is 42.1 Å². The highest BCUT2D eigenvalue weighted by Gasteiger charge is 2.49. The van der Waals surface area contributed by atoms with E-state index < -0.39 is 0 Å². The molecule has 8 heteroatoms. The van der Waals surface area contributed by atoms with Gasteiger partial charge < -0.3 is 20.7 Å². The standard InChI is InChI=1S/C18H24FN3O2.2ClH/c19-13-8-14(10-15(9-13)22-3-5-24-6-4-22)21-18(23)16-11-1-2-12(7-11)17(16)20;;/h8-12,16-17H,1-7,20H2,(H,21,23);2*1H. The summed E-state index contributed by atoms with van der Waals surface area (Å²) in [6.07, 6.45) is 3.27. The summed E-state index contributed by atoms with van der Waals surface area (Å²) in [4.78, 5) is 14.7. The molecule has 1 amide bonds. The van der Waals surface area contributed by atoms with Crippen LogP contribution in [0.1, 0.15) is 19.3 Å². The van der Waals surface area contributed by atoms with Gasteiger partial charge in [0, 0.05) is 30.5 Å². The minimum Gasteiger partial charge on any atom is -0.378 e. The zero-order valence-corrected chi connectivity index (χ0v) is 16.2. The molecule has 0 aromatic heterocycles. The van der Waals surface area contributed by atoms with Crippen LogP contribution in [0.15, 0.2) is 18.2 Å². The molecule has 1 aliphatic heterocycles. The summed E-state index contributed by atoms with van der Waals surface area (Å²) in [6, 6.07) is 4.66. The van der Waals surface area contributed by atoms with Gasteiger partial charge in [0.2, 0.25) is 5.91 Å². The van der Waals surface area contributed by atoms with Crippen LogP contribution in [0.2, 0.25) is 0 Å². The number of nitrogens with zero attached hydrogens (tertiary/aromatic N) is 1. The van der Waals surface area contributed by atoms with Crippen LogP contribution >= 0.6 is 24.8 Å². The number of nitrogens with one attached hydrogen (secondary N) is 1. The quantitative estimate of drug-likeness (QED) is 0.810. The van der Waals surface area contributed by atoms with E-state index in [0.717, 1.165) is 38.0 Å². The second kappa shape index (κ2) is 8.74. The van der Waals surface area contributed by atoms with Crippen molar-refractivity contribution in [2.75, 3.05) is 36.5 Å². The molecule has 4 atom stereocenters. The zero-order valence-electron chi connectivity index (χ0n) is 14.5. The van der Waals surface area contributed by atoms with Crippen molar-refractivity contribution in [2.45, 2.75) is 25.3 Å². The SMILES string of the molecule is Cl.Cl.NC1C2CCC(C2)C1C(=O)Nc1cc(F)cc(N2CCOCC2)c1. The second-order valence-electron chi connectivity index (χ2n) is 7.22. The van der Waals surface area contributed by atoms with E-state index in [4.69, 9.17) is 10.5 Å². The summed E-state index contributed by atoms with van der Waals surface area (Å²) in [5, 5.41) is 2.90. The maximum atomic E-state index is 14.0. The molecule has 0 radical (unpaired) electrons. The summed E-state index contributed by atoms with van der Waals surface area (Å²) in [6.45, 7) is 2.73. The van der Waals surface area contributed by atoms with Gasteiger partial charge in [0.15, 0.2) is 0 Å². The third kappa shape index (κ3) is 4.09. The average molecular weight is 406 g/mol. The minimum absolute atomic E-state index is 0. The molecular formula is C18H26Cl2FN3O2. The van der Waals surface area contributed by atoms with Gasteiger partial charge in [-0.15, -0.1) is 24.8 Å². The van der Waals surface area contributed by atoms with Crippen LogP contribution < -0.4 is 16.0 Å². The summed E-state index contributed by atoms with van der Waals surface area (Å²) in [5.74, 6) is 0.318. The fourth-order valence-corrected chi connectivity index (χ4v) is 4.60. The number of fused-ring (bicyclic) bond motifs is 2. The molecule has 146 valence electrons. The van der Waals surface area contributed by atoms with E-state index in [0.29, 0.717) is 30.7 Å². The van der Waals surface area contributed by atoms with Crippen LogP contribution in [-0.4, -0.2) is 38.3 Å². The molecule has 2 aliphatic carbocycles. The maximum absolute atomic E-state index is 14.0. The molecule has 4 unspecified atom stereocenters. The van der Waals surface area contributed by atoms with E-state index in [1.807, 2.05) is 6.07 Å². The highest BCUT2D eigenvalue weighted by Crippen LogP contribution is 2.48. The summed E-state index contributed by atoms with van der Waals surface area (Å²) in [5.41, 5.74) is 7.53. The van der Waals surface area contributed by atoms with E-state index in [2.05, 4.69) is 10.2 Å². The number of carbonyl (C=O) groups excluding carboxylic acids is 1. The number of benzene rings is 1. The number of hydrogen-bond acceptors (Lipinski definition) is 4. The number of hydrogen-bond donors (Lipinski definition) is 2. The van der Waals surface area contributed by atoms with Crippen LogP contribution in [0.3, 0.4) is 0 Å². The zero-order chi connectivity index (χ0) is 16.7. The second-order valence-corrected chi connectivity index (χ2v) is 7.22. The average Bonchev–Trinajstić information content (AvgIpc) is 3.16. The molecule has 4 rings (SSSR count). The van der Waals surface area contributed by atoms with Crippen molar-refractivity contribution in [1.82, 2.24) is 0 Å². The van der Waals surface area contributed by atoms with Crippen LogP contribution in [0.5, 0.6) is 0 Å². The van der Waals surface area contributed by atoms with Gasteiger partial charge in [-0.1, -0.05) is 0 Å². The Labute approximate surface area is 165 Å². The Morgan fingerprint density at radius 3 is 2.50 bits per heavy atom. The lowest BCUT2D eigenvalue weighted by Gasteiger charge is -2.30. The molecule has 26 heavy (non-hydrogen) atoms. The number of ether oxygens (including phenoxy) is 1. The van der Waals surface area contributed by atoms with Crippen LogP contribution in [-0.2, 0) is 9.53 Å². The molecular weight excluding hydrogens is 380 g/mol. The lowest BCUT2D eigenvalue weighted by Crippen LogP contribution is -2.42. The van der Waals surface area contributed by atoms with Crippen molar-refractivity contribution in [3.8, 4) is 0 Å². The van der Waals surface area contributed by atoms with Crippen molar-refractivity contribution in [3.05, 3.63) is 24.0 Å². The van der Waals surface area contributed by atoms with Gasteiger partial charge in [-0.2, -0.15) is 0 Å². The molecule has 1 aromatic rings. The van der Waals surface area contributed by atoms with Gasteiger partial charge in [0.25, 0.3) is 0 Å². The highest BCUT2D eigenvalue weighted by atomic mass is 35.5. The smallest absolute Gasteiger partial charge is 0.229 e. The maximum Gasteiger partial charge on any atom is 0.229 e. The molecule has 1 saturated heterocycles. The third-order valence-electron chi connectivity index (χ3n) is 5.81. The number of carbonyl (C=O) groups is 1. The molecule has 1 aromatic carbocycles. The Balaban J connectivity index is 0.00000121. The van der Waals surface area contributed by atoms with Crippen molar-refractivity contribution in [3.63, 3.8) is 0 Å². The van der Waals surface area contributed by atoms with Gasteiger partial charge in [0.1, 0.15) is 5.82 Å². The molecule has 5 nitrogen and oxygen atoms in total. The molecule has 2 saturated carbocycles. The van der Waals surface area contributed by atoms with Crippen LogP contribution in [0, 0.1) is 23.6 Å². The predicted molar refractivity (Wildman–Crippen MR) is 105 cm³/mol. The first-order chi connectivity index (χ1) is 11.6. The summed E-state index contributed by atoms with van der Waals surface area (Å²) < 4.78 is 19.3. The van der Waals surface area contributed by atoms with Crippen LogP contribution in [0.25, 0.3) is 0 Å². The number of amides is 1. The molecule has 1 heterocycles. The molecule has 2 bridgehead atoms. The predicted octanol–water partition coefficient (Wildman–Crippen LogP) is 2.82. The van der Waals surface area contributed by atoms with Gasteiger partial charge in [-0.25, -0.2) is 4.39 Å². The monoisotopic (exact) mass is 405 g/mol. The normalized spacial score (nSPS) is 29.7. The largest absolute Gasteiger partial charge is 0.378 e. The number of nitrogens with two attached hydrogens (primary N) is 1. The van der Waals surface area contributed by atoms with Crippen LogP contribution in [0.4, 0.5) is 15.8 Å². The number of anilines is 2. The van der Waals surface area contributed by atoms with Crippen molar-refractivity contribution in [2.24, 2.45) is 23.5 Å². The van der Waals surface area contributed by atoms with Gasteiger partial charge >= 0.3 is 0 Å². The Bertz CT molecular complexity index is 641. The molecule has 0 spiro atoms. The van der Waals surface area contributed by atoms with E-state index in [1.54, 1.807) is 0 Å². The first-order valence-corrected chi connectivity index (χ1v) is 8.81. The van der Waals surface area contributed by atoms with Gasteiger partial charge in [0.05, 0.1) is 19.1 Å². The Morgan fingerprint density at radius 1 is 1.15 bits per heavy atom. The number of rotatable bonds is 3. The molecule has 3 N–H and O–H groups in total. The Morgan fingerprint density at radius 2 is 1.85 bits per heavy atom. The topological polar surface area (TPSA) is 67.6 Å². The Hall–Kier alpha value is -1.08. The van der Waals surface area contributed by atoms with E-state index >= 15 is 0 Å². The van der Waals surface area contributed by atoms with Gasteiger partial charge in [-0.05, 0) is 49.3 Å². The molecule has 3 fully saturated rings. The van der Waals surface area contributed by atoms with Crippen molar-refractivity contribution < 1.29 is 13.9 Å². The Kier molecular flexibility index (Phi) is 7.13. The lowest BCUT2D eigenvalue weighted by molar-refractivity contribution is -0.121. The van der Waals surface area contributed by atoms with E-state index in [9.17, 15) is 9.18 Å². The highest BCUT2D eigenvalue weighted by molar-refractivity contribution is 5.94. The minimum atomic E-state index is -0.341. The van der Waals surface area contributed by atoms with Gasteiger partial charge in [-0.3, -0.25) is 4.79 Å². The number of morpholine rings is 1. The first kappa shape index (κ1) is 21.2. The van der Waals surface area contributed by atoms with E-state index in [1.165, 1.54) is 12.1 Å².